The number of amides is 2. The average molecular weight is 409 g/mol. The molecule has 0 aromatic carbocycles. The summed E-state index contributed by atoms with van der Waals surface area (Å²) in [5.74, 6) is 1.20. The first-order valence-electron chi connectivity index (χ1n) is 8.64. The van der Waals surface area contributed by atoms with Crippen LogP contribution in [0, 0.1) is 5.92 Å². The number of carbonyl (C=O) groups excluding carboxylic acids is 2. The van der Waals surface area contributed by atoms with Crippen molar-refractivity contribution >= 4 is 36.6 Å². The zero-order valence-electron chi connectivity index (χ0n) is 15.5. The fourth-order valence-corrected chi connectivity index (χ4v) is 2.77. The minimum Gasteiger partial charge on any atom is -0.346 e. The van der Waals surface area contributed by atoms with Gasteiger partial charge in [-0.15, -0.1) is 35.0 Å². The van der Waals surface area contributed by atoms with Gasteiger partial charge in [-0.1, -0.05) is 20.3 Å². The van der Waals surface area contributed by atoms with E-state index in [1.807, 2.05) is 20.8 Å². The van der Waals surface area contributed by atoms with Crippen LogP contribution in [0.5, 0.6) is 0 Å². The highest BCUT2D eigenvalue weighted by Gasteiger charge is 2.21. The lowest BCUT2D eigenvalue weighted by Crippen LogP contribution is -2.47. The Morgan fingerprint density at radius 3 is 2.50 bits per heavy atom. The molecule has 8 nitrogen and oxygen atoms in total. The van der Waals surface area contributed by atoms with Crippen molar-refractivity contribution in [3.63, 3.8) is 0 Å². The Balaban J connectivity index is 0.00000312. The number of fused-ring (bicyclic) bond motifs is 1. The first-order chi connectivity index (χ1) is 11.4. The summed E-state index contributed by atoms with van der Waals surface area (Å²) in [7, 11) is 0. The highest BCUT2D eigenvalue weighted by Crippen LogP contribution is 2.18. The van der Waals surface area contributed by atoms with Gasteiger partial charge in [-0.25, -0.2) is 0 Å². The van der Waals surface area contributed by atoms with Gasteiger partial charge in [0.05, 0.1) is 18.6 Å². The second-order valence-electron chi connectivity index (χ2n) is 6.71. The molecule has 0 radical (unpaired) electrons. The summed E-state index contributed by atoms with van der Waals surface area (Å²) in [6.07, 6.45) is 4.34. The molecular formula is C16H30Cl2N6O2. The van der Waals surface area contributed by atoms with Crippen LogP contribution < -0.4 is 16.4 Å². The minimum atomic E-state index is -0.609. The molecule has 1 aliphatic rings. The van der Waals surface area contributed by atoms with E-state index in [0.717, 1.165) is 37.5 Å². The quantitative estimate of drug-likeness (QED) is 0.652. The van der Waals surface area contributed by atoms with Gasteiger partial charge in [0.15, 0.2) is 5.82 Å². The standard InChI is InChI=1S/C16H28N6O2.2ClH/c1-10(2)14(17)16(24)18-9-13(23)19-11(3)15-21-20-12-7-5-4-6-8-22(12)15;;/h10-11,14H,4-9,17H2,1-3H3,(H,18,24)(H,19,23);2*1H/t11-,14+;;/m1../s1. The molecule has 150 valence electrons. The van der Waals surface area contributed by atoms with Crippen LogP contribution in [-0.4, -0.2) is 39.2 Å². The molecule has 10 heteroatoms. The molecule has 0 saturated heterocycles. The van der Waals surface area contributed by atoms with Crippen molar-refractivity contribution in [3.8, 4) is 0 Å². The van der Waals surface area contributed by atoms with Gasteiger partial charge in [-0.3, -0.25) is 9.59 Å². The summed E-state index contributed by atoms with van der Waals surface area (Å²) in [5.41, 5.74) is 5.75. The van der Waals surface area contributed by atoms with Crippen LogP contribution in [0.2, 0.25) is 0 Å². The Bertz CT molecular complexity index is 593. The molecule has 2 atom stereocenters. The maximum absolute atomic E-state index is 12.1. The second-order valence-corrected chi connectivity index (χ2v) is 6.71. The van der Waals surface area contributed by atoms with Gasteiger partial charge in [0.25, 0.3) is 0 Å². The van der Waals surface area contributed by atoms with E-state index in [4.69, 9.17) is 5.73 Å². The number of carbonyl (C=O) groups is 2. The molecule has 1 aromatic heterocycles. The number of rotatable bonds is 6. The highest BCUT2D eigenvalue weighted by molar-refractivity contribution is 5.87. The number of nitrogens with one attached hydrogen (secondary N) is 2. The summed E-state index contributed by atoms with van der Waals surface area (Å²) >= 11 is 0. The van der Waals surface area contributed by atoms with Crippen molar-refractivity contribution in [2.75, 3.05) is 6.54 Å². The monoisotopic (exact) mass is 408 g/mol. The number of halogens is 2. The predicted molar refractivity (Wildman–Crippen MR) is 104 cm³/mol. The third-order valence-corrected chi connectivity index (χ3v) is 4.35. The summed E-state index contributed by atoms with van der Waals surface area (Å²) < 4.78 is 2.10. The fraction of sp³-hybridized carbons (Fsp3) is 0.750. The average Bonchev–Trinajstić information content (AvgIpc) is 2.80. The lowest BCUT2D eigenvalue weighted by molar-refractivity contribution is -0.127. The number of nitrogens with two attached hydrogens (primary N) is 1. The second kappa shape index (κ2) is 11.4. The van der Waals surface area contributed by atoms with Gasteiger partial charge < -0.3 is 20.9 Å². The molecule has 2 rings (SSSR count). The molecule has 0 spiro atoms. The summed E-state index contributed by atoms with van der Waals surface area (Å²) in [5, 5.41) is 13.9. The van der Waals surface area contributed by atoms with Gasteiger partial charge in [0.2, 0.25) is 11.8 Å². The molecule has 0 aliphatic carbocycles. The number of nitrogens with zero attached hydrogens (tertiary/aromatic N) is 3. The molecule has 0 unspecified atom stereocenters. The smallest absolute Gasteiger partial charge is 0.239 e. The van der Waals surface area contributed by atoms with Gasteiger partial charge in [0, 0.05) is 13.0 Å². The van der Waals surface area contributed by atoms with Crippen molar-refractivity contribution in [1.82, 2.24) is 25.4 Å². The van der Waals surface area contributed by atoms with Crippen molar-refractivity contribution in [2.45, 2.75) is 65.1 Å². The van der Waals surface area contributed by atoms with Gasteiger partial charge in [0.1, 0.15) is 5.82 Å². The lowest BCUT2D eigenvalue weighted by Gasteiger charge is -2.17. The van der Waals surface area contributed by atoms with Crippen LogP contribution in [0.1, 0.15) is 57.7 Å². The third-order valence-electron chi connectivity index (χ3n) is 4.35. The third kappa shape index (κ3) is 6.41. The lowest BCUT2D eigenvalue weighted by atomic mass is 10.1. The summed E-state index contributed by atoms with van der Waals surface area (Å²) in [4.78, 5) is 23.8. The number of aryl methyl sites for hydroxylation is 1. The Morgan fingerprint density at radius 2 is 1.85 bits per heavy atom. The van der Waals surface area contributed by atoms with Gasteiger partial charge in [-0.2, -0.15) is 0 Å². The summed E-state index contributed by atoms with van der Waals surface area (Å²) in [6.45, 7) is 6.40. The molecule has 1 aliphatic heterocycles. The largest absolute Gasteiger partial charge is 0.346 e. The van der Waals surface area contributed by atoms with E-state index in [2.05, 4.69) is 25.4 Å². The predicted octanol–water partition coefficient (Wildman–Crippen LogP) is 1.12. The van der Waals surface area contributed by atoms with Crippen LogP contribution in [0.3, 0.4) is 0 Å². The van der Waals surface area contributed by atoms with Crippen LogP contribution in [-0.2, 0) is 22.6 Å². The zero-order chi connectivity index (χ0) is 17.7. The van der Waals surface area contributed by atoms with Crippen LogP contribution >= 0.6 is 24.8 Å². The Morgan fingerprint density at radius 1 is 1.15 bits per heavy atom. The highest BCUT2D eigenvalue weighted by atomic mass is 35.5. The number of aromatic nitrogens is 3. The van der Waals surface area contributed by atoms with Gasteiger partial charge >= 0.3 is 0 Å². The fourth-order valence-electron chi connectivity index (χ4n) is 2.77. The molecule has 26 heavy (non-hydrogen) atoms. The normalized spacial score (nSPS) is 15.6. The molecule has 0 saturated carbocycles. The van der Waals surface area contributed by atoms with Crippen molar-refractivity contribution in [1.29, 1.82) is 0 Å². The van der Waals surface area contributed by atoms with E-state index < -0.39 is 6.04 Å². The van der Waals surface area contributed by atoms with Gasteiger partial charge in [-0.05, 0) is 25.7 Å². The number of hydrogen-bond acceptors (Lipinski definition) is 5. The molecule has 2 heterocycles. The van der Waals surface area contributed by atoms with Crippen molar-refractivity contribution < 1.29 is 9.59 Å². The first-order valence-corrected chi connectivity index (χ1v) is 8.64. The molecular weight excluding hydrogens is 379 g/mol. The number of hydrogen-bond donors (Lipinski definition) is 3. The maximum atomic E-state index is 12.1. The SMILES string of the molecule is CC(C)[C@H](N)C(=O)NCC(=O)N[C@H](C)c1nnc2n1CCCCC2.Cl.Cl. The Kier molecular flexibility index (Phi) is 10.8. The van der Waals surface area contributed by atoms with E-state index in [0.29, 0.717) is 0 Å². The van der Waals surface area contributed by atoms with E-state index in [1.54, 1.807) is 0 Å². The summed E-state index contributed by atoms with van der Waals surface area (Å²) in [6, 6.07) is -0.866. The Labute approximate surface area is 166 Å². The van der Waals surface area contributed by atoms with Crippen molar-refractivity contribution in [3.05, 3.63) is 11.6 Å². The van der Waals surface area contributed by atoms with E-state index in [1.165, 1.54) is 6.42 Å². The first kappa shape index (κ1) is 24.6. The van der Waals surface area contributed by atoms with E-state index in [9.17, 15) is 9.59 Å². The van der Waals surface area contributed by atoms with Crippen LogP contribution in [0.25, 0.3) is 0 Å². The molecule has 1 aromatic rings. The molecule has 0 fully saturated rings. The van der Waals surface area contributed by atoms with E-state index in [-0.39, 0.29) is 55.1 Å². The molecule has 0 bridgehead atoms. The topological polar surface area (TPSA) is 115 Å². The Hall–Kier alpha value is -1.38. The maximum Gasteiger partial charge on any atom is 0.239 e. The zero-order valence-corrected chi connectivity index (χ0v) is 17.2. The van der Waals surface area contributed by atoms with Crippen molar-refractivity contribution in [2.24, 2.45) is 11.7 Å². The minimum absolute atomic E-state index is 0. The molecule has 4 N–H and O–H groups in total. The van der Waals surface area contributed by atoms with Crippen LogP contribution in [0.4, 0.5) is 0 Å². The molecule has 2 amide bonds. The van der Waals surface area contributed by atoms with Crippen LogP contribution in [0.15, 0.2) is 0 Å². The van der Waals surface area contributed by atoms with E-state index >= 15 is 0 Å².